The molecule has 0 bridgehead atoms. The van der Waals surface area contributed by atoms with Crippen molar-refractivity contribution in [2.24, 2.45) is 7.05 Å². The first-order valence-electron chi connectivity index (χ1n) is 7.33. The van der Waals surface area contributed by atoms with Crippen LogP contribution in [-0.2, 0) is 11.8 Å². The van der Waals surface area contributed by atoms with Crippen molar-refractivity contribution in [3.05, 3.63) is 17.0 Å². The largest absolute Gasteiger partial charge is 0.479 e. The van der Waals surface area contributed by atoms with Crippen molar-refractivity contribution in [2.75, 3.05) is 7.05 Å². The van der Waals surface area contributed by atoms with Crippen LogP contribution in [0.2, 0.25) is 0 Å². The summed E-state index contributed by atoms with van der Waals surface area (Å²) in [7, 11) is 3.39. The van der Waals surface area contributed by atoms with Crippen molar-refractivity contribution in [2.45, 2.75) is 51.5 Å². The van der Waals surface area contributed by atoms with E-state index in [9.17, 15) is 14.7 Å². The van der Waals surface area contributed by atoms with E-state index in [4.69, 9.17) is 0 Å². The van der Waals surface area contributed by atoms with Gasteiger partial charge in [0.1, 0.15) is 5.54 Å². The summed E-state index contributed by atoms with van der Waals surface area (Å²) in [5.74, 6) is -1.15. The zero-order chi connectivity index (χ0) is 15.8. The summed E-state index contributed by atoms with van der Waals surface area (Å²) in [5, 5.41) is 13.9. The van der Waals surface area contributed by atoms with Crippen molar-refractivity contribution >= 4 is 11.9 Å². The van der Waals surface area contributed by atoms with Crippen molar-refractivity contribution < 1.29 is 14.7 Å². The summed E-state index contributed by atoms with van der Waals surface area (Å²) in [5.41, 5.74) is 0.847. The fourth-order valence-electron chi connectivity index (χ4n) is 3.27. The van der Waals surface area contributed by atoms with Gasteiger partial charge in [-0.1, -0.05) is 19.3 Å². The zero-order valence-electron chi connectivity index (χ0n) is 13.1. The first-order valence-corrected chi connectivity index (χ1v) is 7.33. The van der Waals surface area contributed by atoms with Crippen LogP contribution in [0.25, 0.3) is 0 Å². The van der Waals surface area contributed by atoms with Crippen LogP contribution < -0.4 is 0 Å². The van der Waals surface area contributed by atoms with E-state index < -0.39 is 11.5 Å². The molecule has 1 aliphatic carbocycles. The Bertz CT molecular complexity index is 571. The van der Waals surface area contributed by atoms with Crippen molar-refractivity contribution in [1.29, 1.82) is 0 Å². The van der Waals surface area contributed by atoms with E-state index in [1.807, 2.05) is 6.92 Å². The summed E-state index contributed by atoms with van der Waals surface area (Å²) in [6.45, 7) is 3.61. The Kier molecular flexibility index (Phi) is 4.07. The Morgan fingerprint density at radius 1 is 1.24 bits per heavy atom. The van der Waals surface area contributed by atoms with Gasteiger partial charge < -0.3 is 10.0 Å². The Labute approximate surface area is 124 Å². The lowest BCUT2D eigenvalue weighted by molar-refractivity contribution is -0.151. The number of likely N-dealkylation sites (N-methyl/N-ethyl adjacent to an activating group) is 1. The highest BCUT2D eigenvalue weighted by Crippen LogP contribution is 2.34. The molecule has 21 heavy (non-hydrogen) atoms. The summed E-state index contributed by atoms with van der Waals surface area (Å²) in [6, 6.07) is 0. The fraction of sp³-hybridized carbons (Fsp3) is 0.667. The van der Waals surface area contributed by atoms with Gasteiger partial charge in [0.15, 0.2) is 0 Å². The van der Waals surface area contributed by atoms with Gasteiger partial charge in [-0.05, 0) is 26.7 Å². The number of aliphatic carboxylic acids is 1. The number of hydrogen-bond donors (Lipinski definition) is 1. The van der Waals surface area contributed by atoms with E-state index >= 15 is 0 Å². The molecule has 2 rings (SSSR count). The smallest absolute Gasteiger partial charge is 0.329 e. The zero-order valence-corrected chi connectivity index (χ0v) is 13.1. The molecule has 0 aromatic carbocycles. The number of carboxylic acids is 1. The van der Waals surface area contributed by atoms with Crippen LogP contribution in [0.15, 0.2) is 0 Å². The molecule has 0 unspecified atom stereocenters. The lowest BCUT2D eigenvalue weighted by Gasteiger charge is -2.41. The van der Waals surface area contributed by atoms with Gasteiger partial charge in [0.05, 0.1) is 11.3 Å². The first kappa shape index (κ1) is 15.5. The normalized spacial score (nSPS) is 17.5. The molecule has 0 atom stereocenters. The van der Waals surface area contributed by atoms with E-state index in [1.165, 1.54) is 4.90 Å². The molecule has 1 aromatic heterocycles. The van der Waals surface area contributed by atoms with Crippen molar-refractivity contribution in [3.8, 4) is 0 Å². The van der Waals surface area contributed by atoms with E-state index in [1.54, 1.807) is 25.7 Å². The van der Waals surface area contributed by atoms with Gasteiger partial charge in [0, 0.05) is 19.8 Å². The third kappa shape index (κ3) is 2.43. The molecule has 6 heteroatoms. The van der Waals surface area contributed by atoms with E-state index in [0.29, 0.717) is 24.1 Å². The second-order valence-electron chi connectivity index (χ2n) is 5.93. The molecular weight excluding hydrogens is 270 g/mol. The maximum atomic E-state index is 12.8. The van der Waals surface area contributed by atoms with Crippen LogP contribution in [0.3, 0.4) is 0 Å². The van der Waals surface area contributed by atoms with Crippen LogP contribution in [0.5, 0.6) is 0 Å². The predicted octanol–water partition coefficient (Wildman–Crippen LogP) is 1.90. The second-order valence-corrected chi connectivity index (χ2v) is 5.93. The monoisotopic (exact) mass is 293 g/mol. The molecule has 6 nitrogen and oxygen atoms in total. The molecule has 0 spiro atoms. The highest BCUT2D eigenvalue weighted by molar-refractivity contribution is 5.99. The van der Waals surface area contributed by atoms with Crippen LogP contribution in [0, 0.1) is 13.8 Å². The molecule has 1 fully saturated rings. The number of carboxylic acid groups (broad SMARTS) is 1. The van der Waals surface area contributed by atoms with Gasteiger partial charge in [0.25, 0.3) is 5.91 Å². The highest BCUT2D eigenvalue weighted by atomic mass is 16.4. The molecule has 1 saturated carbocycles. The number of hydrogen-bond acceptors (Lipinski definition) is 3. The Morgan fingerprint density at radius 2 is 1.81 bits per heavy atom. The van der Waals surface area contributed by atoms with E-state index in [2.05, 4.69) is 5.10 Å². The van der Waals surface area contributed by atoms with E-state index in [0.717, 1.165) is 25.0 Å². The number of carbonyl (C=O) groups excluding carboxylic acids is 1. The average Bonchev–Trinajstić information content (AvgIpc) is 2.71. The summed E-state index contributed by atoms with van der Waals surface area (Å²) < 4.78 is 1.66. The Balaban J connectivity index is 2.39. The quantitative estimate of drug-likeness (QED) is 0.923. The summed E-state index contributed by atoms with van der Waals surface area (Å²) >= 11 is 0. The molecule has 1 aromatic rings. The minimum atomic E-state index is -1.08. The van der Waals surface area contributed by atoms with E-state index in [-0.39, 0.29) is 5.91 Å². The minimum absolute atomic E-state index is 0.248. The van der Waals surface area contributed by atoms with Gasteiger partial charge in [-0.25, -0.2) is 4.79 Å². The van der Waals surface area contributed by atoms with Crippen LogP contribution in [-0.4, -0.2) is 44.3 Å². The number of aromatic nitrogens is 2. The minimum Gasteiger partial charge on any atom is -0.479 e. The number of amides is 1. The average molecular weight is 293 g/mol. The standard InChI is InChI=1S/C15H23N3O3/c1-10-12(11(2)18(4)16-10)13(19)17(3)15(14(20)21)8-6-5-7-9-15/h5-9H2,1-4H3,(H,20,21). The highest BCUT2D eigenvalue weighted by Gasteiger charge is 2.46. The van der Waals surface area contributed by atoms with Gasteiger partial charge in [-0.15, -0.1) is 0 Å². The lowest BCUT2D eigenvalue weighted by atomic mass is 9.80. The first-order chi connectivity index (χ1) is 9.81. The fourth-order valence-corrected chi connectivity index (χ4v) is 3.27. The third-order valence-corrected chi connectivity index (χ3v) is 4.75. The molecule has 0 aliphatic heterocycles. The molecule has 1 heterocycles. The SMILES string of the molecule is Cc1nn(C)c(C)c1C(=O)N(C)C1(C(=O)O)CCCCC1. The number of rotatable bonds is 3. The Morgan fingerprint density at radius 3 is 2.24 bits per heavy atom. The topological polar surface area (TPSA) is 75.4 Å². The maximum Gasteiger partial charge on any atom is 0.329 e. The van der Waals surface area contributed by atoms with Crippen LogP contribution >= 0.6 is 0 Å². The molecular formula is C15H23N3O3. The second kappa shape index (κ2) is 5.50. The number of nitrogens with zero attached hydrogens (tertiary/aromatic N) is 3. The van der Waals surface area contributed by atoms with Gasteiger partial charge in [-0.2, -0.15) is 5.10 Å². The molecule has 1 amide bonds. The van der Waals surface area contributed by atoms with Crippen molar-refractivity contribution in [3.63, 3.8) is 0 Å². The predicted molar refractivity (Wildman–Crippen MR) is 78.2 cm³/mol. The molecule has 0 radical (unpaired) electrons. The number of aryl methyl sites for hydroxylation is 2. The van der Waals surface area contributed by atoms with Gasteiger partial charge in [-0.3, -0.25) is 9.48 Å². The molecule has 1 aliphatic rings. The maximum absolute atomic E-state index is 12.8. The summed E-state index contributed by atoms with van der Waals surface area (Å²) in [4.78, 5) is 26.1. The van der Waals surface area contributed by atoms with Gasteiger partial charge >= 0.3 is 5.97 Å². The summed E-state index contributed by atoms with van der Waals surface area (Å²) in [6.07, 6.45) is 3.75. The number of carbonyl (C=O) groups is 2. The lowest BCUT2D eigenvalue weighted by Crippen LogP contribution is -2.56. The molecule has 0 saturated heterocycles. The van der Waals surface area contributed by atoms with Crippen LogP contribution in [0.4, 0.5) is 0 Å². The van der Waals surface area contributed by atoms with Crippen molar-refractivity contribution in [1.82, 2.24) is 14.7 Å². The van der Waals surface area contributed by atoms with Gasteiger partial charge in [0.2, 0.25) is 0 Å². The Hall–Kier alpha value is -1.85. The van der Waals surface area contributed by atoms with Crippen LogP contribution in [0.1, 0.15) is 53.8 Å². The molecule has 1 N–H and O–H groups in total. The third-order valence-electron chi connectivity index (χ3n) is 4.75. The molecule has 116 valence electrons.